The Balaban J connectivity index is 1.81. The summed E-state index contributed by atoms with van der Waals surface area (Å²) in [6.07, 6.45) is 0.813. The van der Waals surface area contributed by atoms with Crippen LogP contribution in [0.25, 0.3) is 0 Å². The van der Waals surface area contributed by atoms with Crippen LogP contribution in [0.3, 0.4) is 0 Å². The van der Waals surface area contributed by atoms with Crippen LogP contribution in [0.1, 0.15) is 22.3 Å². The van der Waals surface area contributed by atoms with Crippen LogP contribution >= 0.6 is 11.6 Å². The number of carboxylic acid groups (broad SMARTS) is 1. The number of halogens is 1. The van der Waals surface area contributed by atoms with Gasteiger partial charge in [-0.3, -0.25) is 4.90 Å². The number of hydrogen-bond acceptors (Lipinski definition) is 2. The van der Waals surface area contributed by atoms with E-state index in [-0.39, 0.29) is 11.6 Å². The van der Waals surface area contributed by atoms with E-state index in [4.69, 9.17) is 16.7 Å². The third-order valence-electron chi connectivity index (χ3n) is 4.03. The molecule has 1 saturated heterocycles. The zero-order valence-corrected chi connectivity index (χ0v) is 13.7. The number of aromatic carboxylic acids is 1. The minimum atomic E-state index is -1.01. The Morgan fingerprint density at radius 1 is 1.12 bits per heavy atom. The Morgan fingerprint density at radius 3 is 2.67 bits per heavy atom. The van der Waals surface area contributed by atoms with Crippen molar-refractivity contribution in [3.8, 4) is 0 Å². The number of benzene rings is 2. The standard InChI is InChI=1S/C18H17ClN2O3/c19-16-8-2-1-5-14(16)12-20-9-4-10-21(18(20)24)15-7-3-6-13(11-15)17(22)23/h1-3,5-8,11H,4,9-10,12H2,(H,22,23). The molecule has 0 atom stereocenters. The third-order valence-corrected chi connectivity index (χ3v) is 4.40. The van der Waals surface area contributed by atoms with Crippen molar-refractivity contribution in [2.75, 3.05) is 18.0 Å². The highest BCUT2D eigenvalue weighted by Gasteiger charge is 2.27. The zero-order valence-electron chi connectivity index (χ0n) is 13.0. The highest BCUT2D eigenvalue weighted by Crippen LogP contribution is 2.24. The molecule has 1 heterocycles. The molecule has 5 nitrogen and oxygen atoms in total. The number of anilines is 1. The third kappa shape index (κ3) is 3.36. The Bertz CT molecular complexity index is 778. The summed E-state index contributed by atoms with van der Waals surface area (Å²) in [5.74, 6) is -1.01. The molecule has 0 radical (unpaired) electrons. The number of carbonyl (C=O) groups is 2. The van der Waals surface area contributed by atoms with Gasteiger partial charge in [-0.05, 0) is 36.2 Å². The van der Waals surface area contributed by atoms with Gasteiger partial charge in [-0.1, -0.05) is 35.9 Å². The summed E-state index contributed by atoms with van der Waals surface area (Å²) in [4.78, 5) is 27.3. The summed E-state index contributed by atoms with van der Waals surface area (Å²) in [7, 11) is 0. The summed E-state index contributed by atoms with van der Waals surface area (Å²) < 4.78 is 0. The molecule has 24 heavy (non-hydrogen) atoms. The van der Waals surface area contributed by atoms with Gasteiger partial charge in [-0.25, -0.2) is 9.59 Å². The average Bonchev–Trinajstić information content (AvgIpc) is 2.59. The number of rotatable bonds is 4. The van der Waals surface area contributed by atoms with Gasteiger partial charge < -0.3 is 10.0 Å². The van der Waals surface area contributed by atoms with Gasteiger partial charge >= 0.3 is 12.0 Å². The molecule has 124 valence electrons. The van der Waals surface area contributed by atoms with Crippen LogP contribution in [-0.2, 0) is 6.54 Å². The summed E-state index contributed by atoms with van der Waals surface area (Å²) >= 11 is 6.18. The maximum absolute atomic E-state index is 12.8. The fourth-order valence-electron chi connectivity index (χ4n) is 2.81. The van der Waals surface area contributed by atoms with E-state index in [1.807, 2.05) is 18.2 Å². The smallest absolute Gasteiger partial charge is 0.335 e. The molecule has 1 aliphatic heterocycles. The second kappa shape index (κ2) is 6.93. The minimum Gasteiger partial charge on any atom is -0.478 e. The number of carboxylic acids is 1. The summed E-state index contributed by atoms with van der Waals surface area (Å²) in [5.41, 5.74) is 1.67. The van der Waals surface area contributed by atoms with Crippen LogP contribution in [0.4, 0.5) is 10.5 Å². The van der Waals surface area contributed by atoms with Gasteiger partial charge in [-0.2, -0.15) is 0 Å². The molecule has 0 spiro atoms. The van der Waals surface area contributed by atoms with E-state index in [9.17, 15) is 9.59 Å². The molecule has 2 aromatic rings. The molecule has 0 aliphatic carbocycles. The lowest BCUT2D eigenvalue weighted by Crippen LogP contribution is -2.49. The molecule has 3 rings (SSSR count). The van der Waals surface area contributed by atoms with Gasteiger partial charge in [0.15, 0.2) is 0 Å². The Labute approximate surface area is 145 Å². The Hall–Kier alpha value is -2.53. The number of hydrogen-bond donors (Lipinski definition) is 1. The zero-order chi connectivity index (χ0) is 17.1. The van der Waals surface area contributed by atoms with E-state index in [1.54, 1.807) is 28.0 Å². The molecule has 0 saturated carbocycles. The number of carbonyl (C=O) groups excluding carboxylic acids is 1. The van der Waals surface area contributed by atoms with E-state index in [1.165, 1.54) is 12.1 Å². The van der Waals surface area contributed by atoms with Crippen molar-refractivity contribution in [3.05, 3.63) is 64.7 Å². The lowest BCUT2D eigenvalue weighted by Gasteiger charge is -2.36. The molecule has 1 N–H and O–H groups in total. The lowest BCUT2D eigenvalue weighted by atomic mass is 10.1. The topological polar surface area (TPSA) is 60.9 Å². The summed E-state index contributed by atoms with van der Waals surface area (Å²) in [6.45, 7) is 1.66. The van der Waals surface area contributed by atoms with E-state index in [0.29, 0.717) is 30.3 Å². The molecule has 2 aromatic carbocycles. The fourth-order valence-corrected chi connectivity index (χ4v) is 3.00. The first-order chi connectivity index (χ1) is 11.6. The van der Waals surface area contributed by atoms with Crippen molar-refractivity contribution in [1.29, 1.82) is 0 Å². The SMILES string of the molecule is O=C(O)c1cccc(N2CCCN(Cc3ccccc3Cl)C2=O)c1. The monoisotopic (exact) mass is 344 g/mol. The van der Waals surface area contributed by atoms with E-state index in [2.05, 4.69) is 0 Å². The van der Waals surface area contributed by atoms with Crippen molar-refractivity contribution < 1.29 is 14.7 Å². The molecular weight excluding hydrogens is 328 g/mol. The lowest BCUT2D eigenvalue weighted by molar-refractivity contribution is 0.0697. The van der Waals surface area contributed by atoms with E-state index >= 15 is 0 Å². The largest absolute Gasteiger partial charge is 0.478 e. The Kier molecular flexibility index (Phi) is 4.71. The quantitative estimate of drug-likeness (QED) is 0.915. The number of amides is 2. The predicted molar refractivity (Wildman–Crippen MR) is 92.6 cm³/mol. The maximum atomic E-state index is 12.8. The normalized spacial score (nSPS) is 14.8. The van der Waals surface area contributed by atoms with Crippen molar-refractivity contribution in [3.63, 3.8) is 0 Å². The number of nitrogens with zero attached hydrogens (tertiary/aromatic N) is 2. The van der Waals surface area contributed by atoms with Crippen LogP contribution in [0, 0.1) is 0 Å². The van der Waals surface area contributed by atoms with Crippen LogP contribution in [0.2, 0.25) is 5.02 Å². The second-order valence-corrected chi connectivity index (χ2v) is 6.06. The molecule has 0 unspecified atom stereocenters. The van der Waals surface area contributed by atoms with Gasteiger partial charge in [0, 0.05) is 30.3 Å². The first-order valence-electron chi connectivity index (χ1n) is 7.69. The minimum absolute atomic E-state index is 0.135. The van der Waals surface area contributed by atoms with Crippen LogP contribution < -0.4 is 4.90 Å². The fraction of sp³-hybridized carbons (Fsp3) is 0.222. The molecule has 1 fully saturated rings. The second-order valence-electron chi connectivity index (χ2n) is 5.66. The van der Waals surface area contributed by atoms with Crippen molar-refractivity contribution in [2.45, 2.75) is 13.0 Å². The molecule has 2 amide bonds. The predicted octanol–water partition coefficient (Wildman–Crippen LogP) is 3.87. The van der Waals surface area contributed by atoms with Gasteiger partial charge in [0.05, 0.1) is 5.56 Å². The number of urea groups is 1. The highest BCUT2D eigenvalue weighted by atomic mass is 35.5. The van der Waals surface area contributed by atoms with Crippen LogP contribution in [-0.4, -0.2) is 35.1 Å². The molecule has 6 heteroatoms. The molecule has 0 aromatic heterocycles. The van der Waals surface area contributed by atoms with E-state index < -0.39 is 5.97 Å². The maximum Gasteiger partial charge on any atom is 0.335 e. The Morgan fingerprint density at radius 2 is 1.92 bits per heavy atom. The highest BCUT2D eigenvalue weighted by molar-refractivity contribution is 6.31. The summed E-state index contributed by atoms with van der Waals surface area (Å²) in [6, 6.07) is 13.8. The first-order valence-corrected chi connectivity index (χ1v) is 8.07. The molecule has 1 aliphatic rings. The van der Waals surface area contributed by atoms with Gasteiger partial charge in [-0.15, -0.1) is 0 Å². The molecule has 0 bridgehead atoms. The van der Waals surface area contributed by atoms with Crippen molar-refractivity contribution >= 4 is 29.3 Å². The van der Waals surface area contributed by atoms with Crippen LogP contribution in [0.15, 0.2) is 48.5 Å². The summed E-state index contributed by atoms with van der Waals surface area (Å²) in [5, 5.41) is 9.76. The van der Waals surface area contributed by atoms with Gasteiger partial charge in [0.25, 0.3) is 0 Å². The molecular formula is C18H17ClN2O3. The average molecular weight is 345 g/mol. The first kappa shape index (κ1) is 16.3. The van der Waals surface area contributed by atoms with Gasteiger partial charge in [0.1, 0.15) is 0 Å². The van der Waals surface area contributed by atoms with Crippen LogP contribution in [0.5, 0.6) is 0 Å². The van der Waals surface area contributed by atoms with Gasteiger partial charge in [0.2, 0.25) is 0 Å². The van der Waals surface area contributed by atoms with Crippen molar-refractivity contribution in [1.82, 2.24) is 4.90 Å². The van der Waals surface area contributed by atoms with E-state index in [0.717, 1.165) is 12.0 Å². The van der Waals surface area contributed by atoms with Crippen molar-refractivity contribution in [2.24, 2.45) is 0 Å².